The molecule has 1 heterocycles. The molecule has 0 atom stereocenters. The van der Waals surface area contributed by atoms with E-state index in [0.29, 0.717) is 13.1 Å². The van der Waals surface area contributed by atoms with E-state index in [1.54, 1.807) is 17.3 Å². The summed E-state index contributed by atoms with van der Waals surface area (Å²) in [5.41, 5.74) is 1.10. The first-order chi connectivity index (χ1) is 7.09. The molecule has 0 radical (unpaired) electrons. The second-order valence-electron chi connectivity index (χ2n) is 3.84. The van der Waals surface area contributed by atoms with Crippen molar-refractivity contribution in [2.45, 2.75) is 6.54 Å². The van der Waals surface area contributed by atoms with Gasteiger partial charge in [0.25, 0.3) is 0 Å². The first-order valence-corrected chi connectivity index (χ1v) is 4.87. The third-order valence-electron chi connectivity index (χ3n) is 2.05. The van der Waals surface area contributed by atoms with Crippen molar-refractivity contribution < 1.29 is 4.79 Å². The van der Waals surface area contributed by atoms with E-state index < -0.39 is 0 Å². The van der Waals surface area contributed by atoms with Crippen LogP contribution in [0.15, 0.2) is 24.5 Å². The lowest BCUT2D eigenvalue weighted by atomic mass is 10.2. The third kappa shape index (κ3) is 4.08. The molecule has 4 nitrogen and oxygen atoms in total. The van der Waals surface area contributed by atoms with Crippen LogP contribution in [0.25, 0.3) is 0 Å². The summed E-state index contributed by atoms with van der Waals surface area (Å²) in [6.07, 6.45) is 3.47. The molecule has 0 fully saturated rings. The molecule has 4 heteroatoms. The summed E-state index contributed by atoms with van der Waals surface area (Å²) in [6.45, 7) is 1.08. The molecule has 0 unspecified atom stereocenters. The maximum Gasteiger partial charge on any atom is 0.236 e. The number of hydrogen-bond donors (Lipinski definition) is 0. The fraction of sp³-hybridized carbons (Fsp3) is 0.455. The summed E-state index contributed by atoms with van der Waals surface area (Å²) in [6, 6.07) is 3.83. The van der Waals surface area contributed by atoms with Crippen LogP contribution in [0.1, 0.15) is 5.56 Å². The molecule has 0 N–H and O–H groups in total. The van der Waals surface area contributed by atoms with Crippen LogP contribution in [0.4, 0.5) is 0 Å². The third-order valence-corrected chi connectivity index (χ3v) is 2.05. The molecule has 1 aromatic heterocycles. The highest BCUT2D eigenvalue weighted by molar-refractivity contribution is 5.77. The minimum absolute atomic E-state index is 0.122. The largest absolute Gasteiger partial charge is 0.340 e. The van der Waals surface area contributed by atoms with Gasteiger partial charge in [-0.05, 0) is 31.8 Å². The molecule has 0 saturated heterocycles. The van der Waals surface area contributed by atoms with Gasteiger partial charge in [-0.15, -0.1) is 0 Å². The van der Waals surface area contributed by atoms with Gasteiger partial charge in [0.05, 0.1) is 6.54 Å². The summed E-state index contributed by atoms with van der Waals surface area (Å²) in [5.74, 6) is 0.122. The number of carbonyl (C=O) groups is 1. The van der Waals surface area contributed by atoms with Crippen molar-refractivity contribution in [3.63, 3.8) is 0 Å². The highest BCUT2D eigenvalue weighted by atomic mass is 16.2. The van der Waals surface area contributed by atoms with Crippen molar-refractivity contribution in [2.75, 3.05) is 27.7 Å². The van der Waals surface area contributed by atoms with Crippen molar-refractivity contribution >= 4 is 5.91 Å². The Kier molecular flexibility index (Phi) is 4.24. The number of carbonyl (C=O) groups excluding carboxylic acids is 1. The van der Waals surface area contributed by atoms with Gasteiger partial charge in [-0.1, -0.05) is 0 Å². The van der Waals surface area contributed by atoms with Gasteiger partial charge in [-0.25, -0.2) is 0 Å². The number of amides is 1. The second kappa shape index (κ2) is 5.46. The number of nitrogens with zero attached hydrogens (tertiary/aromatic N) is 3. The highest BCUT2D eigenvalue weighted by Crippen LogP contribution is 2.01. The van der Waals surface area contributed by atoms with Gasteiger partial charge in [0, 0.05) is 26.0 Å². The second-order valence-corrected chi connectivity index (χ2v) is 3.84. The van der Waals surface area contributed by atoms with Crippen LogP contribution in [0.5, 0.6) is 0 Å². The molecule has 1 amide bonds. The van der Waals surface area contributed by atoms with Gasteiger partial charge in [-0.3, -0.25) is 9.78 Å². The van der Waals surface area contributed by atoms with Crippen molar-refractivity contribution in [1.29, 1.82) is 0 Å². The predicted octanol–water partition coefficient (Wildman–Crippen LogP) is 0.602. The van der Waals surface area contributed by atoms with Crippen LogP contribution in [-0.2, 0) is 11.3 Å². The van der Waals surface area contributed by atoms with Gasteiger partial charge in [0.1, 0.15) is 0 Å². The Balaban J connectivity index is 2.49. The van der Waals surface area contributed by atoms with Crippen molar-refractivity contribution in [3.05, 3.63) is 30.1 Å². The Labute approximate surface area is 90.5 Å². The van der Waals surface area contributed by atoms with Crippen molar-refractivity contribution in [1.82, 2.24) is 14.8 Å². The fourth-order valence-corrected chi connectivity index (χ4v) is 1.24. The lowest BCUT2D eigenvalue weighted by Gasteiger charge is -2.19. The summed E-state index contributed by atoms with van der Waals surface area (Å²) in [5, 5.41) is 0. The Hall–Kier alpha value is -1.42. The van der Waals surface area contributed by atoms with E-state index in [4.69, 9.17) is 0 Å². The minimum atomic E-state index is 0.122. The average molecular weight is 207 g/mol. The standard InChI is InChI=1S/C11H17N3O/c1-13(2)9-11(15)14(3)8-10-4-6-12-7-5-10/h4-7H,8-9H2,1-3H3. The molecule has 0 aliphatic rings. The smallest absolute Gasteiger partial charge is 0.236 e. The maximum atomic E-state index is 11.6. The maximum absolute atomic E-state index is 11.6. The Morgan fingerprint density at radius 2 is 1.87 bits per heavy atom. The van der Waals surface area contributed by atoms with Gasteiger partial charge in [0.15, 0.2) is 0 Å². The lowest BCUT2D eigenvalue weighted by Crippen LogP contribution is -2.34. The molecular formula is C11H17N3O. The molecule has 0 aliphatic carbocycles. The van der Waals surface area contributed by atoms with Crippen LogP contribution in [0, 0.1) is 0 Å². The molecule has 1 rings (SSSR count). The van der Waals surface area contributed by atoms with E-state index in [1.807, 2.05) is 38.2 Å². The molecule has 0 aliphatic heterocycles. The van der Waals surface area contributed by atoms with Crippen molar-refractivity contribution in [3.8, 4) is 0 Å². The van der Waals surface area contributed by atoms with E-state index in [1.165, 1.54) is 0 Å². The Morgan fingerprint density at radius 1 is 1.27 bits per heavy atom. The van der Waals surface area contributed by atoms with Gasteiger partial charge in [-0.2, -0.15) is 0 Å². The van der Waals surface area contributed by atoms with E-state index in [0.717, 1.165) is 5.56 Å². The van der Waals surface area contributed by atoms with Crippen molar-refractivity contribution in [2.24, 2.45) is 0 Å². The fourth-order valence-electron chi connectivity index (χ4n) is 1.24. The van der Waals surface area contributed by atoms with Crippen LogP contribution in [0.2, 0.25) is 0 Å². The monoisotopic (exact) mass is 207 g/mol. The van der Waals surface area contributed by atoms with Crippen LogP contribution < -0.4 is 0 Å². The first kappa shape index (κ1) is 11.7. The van der Waals surface area contributed by atoms with E-state index in [2.05, 4.69) is 4.98 Å². The number of pyridine rings is 1. The topological polar surface area (TPSA) is 36.4 Å². The molecule has 0 saturated carbocycles. The quantitative estimate of drug-likeness (QED) is 0.725. The van der Waals surface area contributed by atoms with Crippen LogP contribution >= 0.6 is 0 Å². The van der Waals surface area contributed by atoms with Gasteiger partial charge >= 0.3 is 0 Å². The lowest BCUT2D eigenvalue weighted by molar-refractivity contribution is -0.131. The SMILES string of the molecule is CN(C)CC(=O)N(C)Cc1ccncc1. The molecule has 0 aromatic carbocycles. The molecule has 0 bridgehead atoms. The van der Waals surface area contributed by atoms with E-state index in [-0.39, 0.29) is 5.91 Å². The zero-order valence-corrected chi connectivity index (χ0v) is 9.47. The van der Waals surface area contributed by atoms with Gasteiger partial charge < -0.3 is 9.80 Å². The number of rotatable bonds is 4. The molecule has 15 heavy (non-hydrogen) atoms. The highest BCUT2D eigenvalue weighted by Gasteiger charge is 2.09. The predicted molar refractivity (Wildman–Crippen MR) is 59.3 cm³/mol. The molecule has 82 valence electrons. The Bertz CT molecular complexity index is 311. The Morgan fingerprint density at radius 3 is 2.40 bits per heavy atom. The van der Waals surface area contributed by atoms with E-state index >= 15 is 0 Å². The molecule has 1 aromatic rings. The first-order valence-electron chi connectivity index (χ1n) is 4.87. The number of likely N-dealkylation sites (N-methyl/N-ethyl adjacent to an activating group) is 2. The summed E-state index contributed by atoms with van der Waals surface area (Å²) >= 11 is 0. The van der Waals surface area contributed by atoms with E-state index in [9.17, 15) is 4.79 Å². The van der Waals surface area contributed by atoms with Gasteiger partial charge in [0.2, 0.25) is 5.91 Å². The van der Waals surface area contributed by atoms with Crippen LogP contribution in [-0.4, -0.2) is 48.4 Å². The summed E-state index contributed by atoms with van der Waals surface area (Å²) in [7, 11) is 5.59. The number of aromatic nitrogens is 1. The summed E-state index contributed by atoms with van der Waals surface area (Å²) in [4.78, 5) is 19.1. The number of hydrogen-bond acceptors (Lipinski definition) is 3. The zero-order chi connectivity index (χ0) is 11.3. The normalized spacial score (nSPS) is 10.4. The minimum Gasteiger partial charge on any atom is -0.340 e. The molecular weight excluding hydrogens is 190 g/mol. The zero-order valence-electron chi connectivity index (χ0n) is 9.47. The summed E-state index contributed by atoms with van der Waals surface area (Å²) < 4.78 is 0. The molecule has 0 spiro atoms. The van der Waals surface area contributed by atoms with Crippen LogP contribution in [0.3, 0.4) is 0 Å². The average Bonchev–Trinajstić information content (AvgIpc) is 2.18.